The lowest BCUT2D eigenvalue weighted by Gasteiger charge is -2.29. The van der Waals surface area contributed by atoms with Crippen LogP contribution in [0.1, 0.15) is 24.1 Å². The second-order valence-electron chi connectivity index (χ2n) is 8.22. The molecule has 2 aliphatic heterocycles. The molecule has 0 unspecified atom stereocenters. The number of anilines is 2. The van der Waals surface area contributed by atoms with Gasteiger partial charge in [0, 0.05) is 0 Å². The summed E-state index contributed by atoms with van der Waals surface area (Å²) in [7, 11) is 0. The van der Waals surface area contributed by atoms with Gasteiger partial charge in [0.15, 0.2) is 6.10 Å². The number of imide groups is 1. The minimum Gasteiger partial charge on any atom is -0.494 e. The lowest BCUT2D eigenvalue weighted by Crippen LogP contribution is -2.37. The fourth-order valence-corrected chi connectivity index (χ4v) is 4.56. The number of alkyl halides is 3. The highest BCUT2D eigenvalue weighted by Crippen LogP contribution is 2.48. The molecule has 0 aromatic heterocycles. The third-order valence-corrected chi connectivity index (χ3v) is 6.09. The van der Waals surface area contributed by atoms with Crippen molar-refractivity contribution in [3.05, 3.63) is 90.0 Å². The fraction of sp³-hybridized carbons (Fsp3) is 0.231. The highest BCUT2D eigenvalue weighted by Gasteiger charge is 2.60. The minimum atomic E-state index is -4.56. The number of rotatable bonds is 5. The molecule has 3 aromatic rings. The number of benzene rings is 3. The fourth-order valence-electron chi connectivity index (χ4n) is 4.56. The van der Waals surface area contributed by atoms with Crippen LogP contribution in [0, 0.1) is 5.92 Å². The topological polar surface area (TPSA) is 59.1 Å². The van der Waals surface area contributed by atoms with Crippen LogP contribution in [0.4, 0.5) is 24.5 Å². The summed E-state index contributed by atoms with van der Waals surface area (Å²) < 4.78 is 45.8. The van der Waals surface area contributed by atoms with Crippen LogP contribution in [0.15, 0.2) is 78.9 Å². The first-order valence-electron chi connectivity index (χ1n) is 11.1. The number of hydroxylamine groups is 1. The van der Waals surface area contributed by atoms with Gasteiger partial charge in [0.1, 0.15) is 11.7 Å². The van der Waals surface area contributed by atoms with Crippen molar-refractivity contribution in [2.45, 2.75) is 25.2 Å². The molecule has 0 N–H and O–H groups in total. The molecule has 2 fully saturated rings. The van der Waals surface area contributed by atoms with Crippen molar-refractivity contribution < 1.29 is 32.3 Å². The van der Waals surface area contributed by atoms with Crippen molar-refractivity contribution in [1.82, 2.24) is 0 Å². The molecule has 180 valence electrons. The maximum Gasteiger partial charge on any atom is 0.416 e. The van der Waals surface area contributed by atoms with Gasteiger partial charge in [0.05, 0.1) is 29.6 Å². The standard InChI is InChI=1S/C26H21F3N2O4/c1-2-34-20-13-11-18(12-14-20)30-24(32)21-22(16-7-6-8-17(15-16)26(27,28)29)31(35-23(21)25(30)33)19-9-4-3-5-10-19/h3-15,21-23H,2H2,1H3/t21-,22-,23-/m0/s1. The molecule has 2 aliphatic rings. The summed E-state index contributed by atoms with van der Waals surface area (Å²) in [5.74, 6) is -1.55. The van der Waals surface area contributed by atoms with Crippen molar-refractivity contribution in [2.24, 2.45) is 5.92 Å². The number of nitrogens with zero attached hydrogens (tertiary/aromatic N) is 2. The Morgan fingerprint density at radius 3 is 2.26 bits per heavy atom. The zero-order chi connectivity index (χ0) is 24.7. The number of carbonyl (C=O) groups excluding carboxylic acids is 2. The van der Waals surface area contributed by atoms with Crippen LogP contribution in [0.2, 0.25) is 0 Å². The van der Waals surface area contributed by atoms with E-state index in [0.29, 0.717) is 23.7 Å². The molecule has 0 aliphatic carbocycles. The summed E-state index contributed by atoms with van der Waals surface area (Å²) in [5, 5.41) is 1.37. The second-order valence-corrected chi connectivity index (χ2v) is 8.22. The number of hydrogen-bond acceptors (Lipinski definition) is 5. The maximum absolute atomic E-state index is 13.6. The Balaban J connectivity index is 1.56. The lowest BCUT2D eigenvalue weighted by molar-refractivity contribution is -0.137. The molecule has 35 heavy (non-hydrogen) atoms. The van der Waals surface area contributed by atoms with E-state index < -0.39 is 41.6 Å². The van der Waals surface area contributed by atoms with Gasteiger partial charge in [0.25, 0.3) is 5.91 Å². The molecule has 2 saturated heterocycles. The smallest absolute Gasteiger partial charge is 0.416 e. The van der Waals surface area contributed by atoms with Crippen LogP contribution in [0.5, 0.6) is 5.75 Å². The van der Waals surface area contributed by atoms with Gasteiger partial charge < -0.3 is 4.74 Å². The van der Waals surface area contributed by atoms with Gasteiger partial charge in [-0.1, -0.05) is 30.3 Å². The third-order valence-electron chi connectivity index (χ3n) is 6.09. The number of amides is 2. The molecule has 0 spiro atoms. The predicted octanol–water partition coefficient (Wildman–Crippen LogP) is 5.16. The third kappa shape index (κ3) is 4.01. The Kier molecular flexibility index (Phi) is 5.72. The van der Waals surface area contributed by atoms with Crippen molar-refractivity contribution in [1.29, 1.82) is 0 Å². The molecule has 2 amide bonds. The maximum atomic E-state index is 13.6. The SMILES string of the molecule is CCOc1ccc(N2C(=O)[C@@H]3[C@H](ON(c4ccccc4)[C@H]3c3cccc(C(F)(F)F)c3)C2=O)cc1. The number of fused-ring (bicyclic) bond motifs is 1. The first-order chi connectivity index (χ1) is 16.8. The van der Waals surface area contributed by atoms with Gasteiger partial charge in [-0.3, -0.25) is 14.4 Å². The van der Waals surface area contributed by atoms with Gasteiger partial charge >= 0.3 is 6.18 Å². The first kappa shape index (κ1) is 22.9. The van der Waals surface area contributed by atoms with E-state index in [2.05, 4.69) is 0 Å². The monoisotopic (exact) mass is 482 g/mol. The highest BCUT2D eigenvalue weighted by atomic mass is 19.4. The van der Waals surface area contributed by atoms with Crippen molar-refractivity contribution in [2.75, 3.05) is 16.6 Å². The summed E-state index contributed by atoms with van der Waals surface area (Å²) in [6, 6.07) is 19.0. The van der Waals surface area contributed by atoms with Crippen LogP contribution in [-0.4, -0.2) is 24.5 Å². The van der Waals surface area contributed by atoms with E-state index in [9.17, 15) is 22.8 Å². The van der Waals surface area contributed by atoms with Gasteiger partial charge in [-0.2, -0.15) is 13.2 Å². The average molecular weight is 482 g/mol. The second kappa shape index (κ2) is 8.74. The Morgan fingerprint density at radius 2 is 1.60 bits per heavy atom. The molecule has 6 nitrogen and oxygen atoms in total. The molecule has 0 radical (unpaired) electrons. The number of halogens is 3. The summed E-state index contributed by atoms with van der Waals surface area (Å²) in [6.45, 7) is 2.30. The number of hydrogen-bond donors (Lipinski definition) is 0. The van der Waals surface area contributed by atoms with E-state index in [1.54, 1.807) is 54.6 Å². The van der Waals surface area contributed by atoms with Gasteiger partial charge in [-0.25, -0.2) is 9.96 Å². The first-order valence-corrected chi connectivity index (χ1v) is 11.1. The number of para-hydroxylation sites is 1. The Labute approximate surface area is 199 Å². The summed E-state index contributed by atoms with van der Waals surface area (Å²) in [4.78, 5) is 33.9. The lowest BCUT2D eigenvalue weighted by atomic mass is 9.89. The molecule has 0 bridgehead atoms. The van der Waals surface area contributed by atoms with Gasteiger partial charge in [-0.15, -0.1) is 0 Å². The quantitative estimate of drug-likeness (QED) is 0.471. The van der Waals surface area contributed by atoms with Crippen LogP contribution < -0.4 is 14.7 Å². The van der Waals surface area contributed by atoms with Crippen LogP contribution in [-0.2, 0) is 20.6 Å². The Hall–Kier alpha value is -3.85. The van der Waals surface area contributed by atoms with E-state index in [1.807, 2.05) is 6.92 Å². The molecule has 0 saturated carbocycles. The number of ether oxygens (including phenoxy) is 1. The zero-order valence-corrected chi connectivity index (χ0v) is 18.6. The molecule has 2 heterocycles. The van der Waals surface area contributed by atoms with Gasteiger partial charge in [-0.05, 0) is 61.0 Å². The summed E-state index contributed by atoms with van der Waals surface area (Å²) in [5.41, 5.74) is 0.255. The van der Waals surface area contributed by atoms with Gasteiger partial charge in [0.2, 0.25) is 5.91 Å². The van der Waals surface area contributed by atoms with Crippen LogP contribution in [0.3, 0.4) is 0 Å². The Morgan fingerprint density at radius 1 is 0.886 bits per heavy atom. The highest BCUT2D eigenvalue weighted by molar-refractivity contribution is 6.23. The molecule has 5 rings (SSSR count). The van der Waals surface area contributed by atoms with E-state index in [4.69, 9.17) is 9.57 Å². The molecule has 9 heteroatoms. The Bertz CT molecular complexity index is 1250. The van der Waals surface area contributed by atoms with Crippen LogP contribution >= 0.6 is 0 Å². The van der Waals surface area contributed by atoms with E-state index in [1.165, 1.54) is 17.2 Å². The zero-order valence-electron chi connectivity index (χ0n) is 18.6. The van der Waals surface area contributed by atoms with Crippen molar-refractivity contribution in [3.63, 3.8) is 0 Å². The molecular formula is C26H21F3N2O4. The van der Waals surface area contributed by atoms with E-state index >= 15 is 0 Å². The van der Waals surface area contributed by atoms with Crippen LogP contribution in [0.25, 0.3) is 0 Å². The summed E-state index contributed by atoms with van der Waals surface area (Å²) >= 11 is 0. The van der Waals surface area contributed by atoms with Crippen molar-refractivity contribution in [3.8, 4) is 5.75 Å². The predicted molar refractivity (Wildman–Crippen MR) is 122 cm³/mol. The molecule has 3 atom stereocenters. The van der Waals surface area contributed by atoms with E-state index in [0.717, 1.165) is 17.0 Å². The summed E-state index contributed by atoms with van der Waals surface area (Å²) in [6.07, 6.45) is -5.73. The largest absolute Gasteiger partial charge is 0.494 e. The minimum absolute atomic E-state index is 0.228. The average Bonchev–Trinajstić information content (AvgIpc) is 3.36. The van der Waals surface area contributed by atoms with E-state index in [-0.39, 0.29) is 5.56 Å². The number of carbonyl (C=O) groups is 2. The molecular weight excluding hydrogens is 461 g/mol. The normalized spacial score (nSPS) is 22.0. The molecule has 3 aromatic carbocycles. The van der Waals surface area contributed by atoms with Crippen molar-refractivity contribution >= 4 is 23.2 Å².